The van der Waals surface area contributed by atoms with Gasteiger partial charge in [0.1, 0.15) is 12.1 Å². The van der Waals surface area contributed by atoms with E-state index in [4.69, 9.17) is 27.9 Å². The van der Waals surface area contributed by atoms with E-state index >= 15 is 0 Å². The fourth-order valence-electron chi connectivity index (χ4n) is 4.35. The highest BCUT2D eigenvalue weighted by Gasteiger charge is 2.21. The first kappa shape index (κ1) is 24.0. The van der Waals surface area contributed by atoms with Gasteiger partial charge in [-0.05, 0) is 36.2 Å². The molecule has 0 atom stereocenters. The molecule has 3 heterocycles. The molecule has 1 amide bonds. The van der Waals surface area contributed by atoms with E-state index in [0.29, 0.717) is 32.2 Å². The van der Waals surface area contributed by atoms with Gasteiger partial charge in [-0.25, -0.2) is 4.79 Å². The molecule has 0 unspecified atom stereocenters. The molecule has 3 aromatic heterocycles. The van der Waals surface area contributed by atoms with Crippen LogP contribution in [-0.2, 0) is 24.9 Å². The van der Waals surface area contributed by atoms with Crippen molar-refractivity contribution in [3.63, 3.8) is 0 Å². The molecule has 0 saturated carbocycles. The number of halogens is 2. The van der Waals surface area contributed by atoms with Gasteiger partial charge in [0.15, 0.2) is 0 Å². The molecule has 1 N–H and O–H groups in total. The van der Waals surface area contributed by atoms with Gasteiger partial charge >= 0.3 is 6.09 Å². The average molecular weight is 524 g/mol. The zero-order valence-electron chi connectivity index (χ0n) is 19.7. The number of fused-ring (bicyclic) bond motifs is 3. The molecule has 2 aromatic carbocycles. The molecule has 36 heavy (non-hydrogen) atoms. The largest absolute Gasteiger partial charge is 0.444 e. The molecule has 5 aromatic rings. The van der Waals surface area contributed by atoms with Gasteiger partial charge in [-0.15, -0.1) is 0 Å². The summed E-state index contributed by atoms with van der Waals surface area (Å²) in [5.74, 6) is 0. The molecule has 0 saturated heterocycles. The Kier molecular flexibility index (Phi) is 6.47. The molecular weight excluding hydrogens is 501 g/mol. The number of rotatable bonds is 6. The van der Waals surface area contributed by atoms with Crippen molar-refractivity contribution in [2.45, 2.75) is 26.5 Å². The number of amides is 1. The van der Waals surface area contributed by atoms with E-state index in [0.717, 1.165) is 29.6 Å². The van der Waals surface area contributed by atoms with E-state index in [1.54, 1.807) is 46.8 Å². The molecule has 0 spiro atoms. The first-order valence-electron chi connectivity index (χ1n) is 11.4. The summed E-state index contributed by atoms with van der Waals surface area (Å²) in [5, 5.41) is 9.58. The van der Waals surface area contributed by atoms with Crippen LogP contribution in [0.15, 0.2) is 65.8 Å². The maximum absolute atomic E-state index is 13.5. The second kappa shape index (κ2) is 9.72. The van der Waals surface area contributed by atoms with Gasteiger partial charge in [-0.2, -0.15) is 5.10 Å². The van der Waals surface area contributed by atoms with E-state index in [9.17, 15) is 9.59 Å². The van der Waals surface area contributed by atoms with Crippen LogP contribution in [0.1, 0.15) is 18.9 Å². The number of para-hydroxylation sites is 1. The standard InChI is InChI=1S/C26H23Cl2N5O3/c1-3-8-32-13-19(12-29-32)33-14-21(30-26(35)36-15-16-9-17(27)11-18(28)10-16)23-20-6-4-5-7-22(20)31(2)25(34)24(23)33/h4-7,9-14H,3,8,15H2,1-2H3,(H,30,35). The van der Waals surface area contributed by atoms with Gasteiger partial charge in [0.25, 0.3) is 5.56 Å². The Labute approximate surface area is 216 Å². The van der Waals surface area contributed by atoms with Crippen molar-refractivity contribution in [1.82, 2.24) is 18.9 Å². The Hall–Kier alpha value is -3.75. The third-order valence-electron chi connectivity index (χ3n) is 5.93. The molecule has 0 bridgehead atoms. The summed E-state index contributed by atoms with van der Waals surface area (Å²) >= 11 is 12.1. The number of nitrogens with zero attached hydrogens (tertiary/aromatic N) is 4. The second-order valence-corrected chi connectivity index (χ2v) is 9.33. The lowest BCUT2D eigenvalue weighted by Crippen LogP contribution is -2.19. The number of ether oxygens (including phenoxy) is 1. The minimum Gasteiger partial charge on any atom is -0.444 e. The number of hydrogen-bond acceptors (Lipinski definition) is 4. The lowest BCUT2D eigenvalue weighted by Gasteiger charge is -2.10. The van der Waals surface area contributed by atoms with E-state index in [1.807, 2.05) is 35.1 Å². The van der Waals surface area contributed by atoms with Crippen LogP contribution >= 0.6 is 23.2 Å². The predicted octanol–water partition coefficient (Wildman–Crippen LogP) is 6.14. The first-order valence-corrected chi connectivity index (χ1v) is 12.2. The number of benzene rings is 2. The average Bonchev–Trinajstić information content (AvgIpc) is 3.46. The molecule has 184 valence electrons. The van der Waals surface area contributed by atoms with Gasteiger partial charge in [0, 0.05) is 46.8 Å². The van der Waals surface area contributed by atoms with Crippen LogP contribution in [0.3, 0.4) is 0 Å². The van der Waals surface area contributed by atoms with Crippen LogP contribution in [-0.4, -0.2) is 25.0 Å². The van der Waals surface area contributed by atoms with Gasteiger partial charge in [-0.3, -0.25) is 14.8 Å². The number of carbonyl (C=O) groups excluding carboxylic acids is 1. The van der Waals surface area contributed by atoms with Crippen molar-refractivity contribution in [3.8, 4) is 5.69 Å². The number of aromatic nitrogens is 4. The highest BCUT2D eigenvalue weighted by atomic mass is 35.5. The number of hydrogen-bond donors (Lipinski definition) is 1. The Bertz CT molecular complexity index is 1650. The maximum atomic E-state index is 13.5. The van der Waals surface area contributed by atoms with Crippen molar-refractivity contribution in [3.05, 3.63) is 87.0 Å². The number of nitrogens with one attached hydrogen (secondary N) is 1. The Morgan fingerprint density at radius 1 is 1.11 bits per heavy atom. The Balaban J connectivity index is 1.58. The van der Waals surface area contributed by atoms with Crippen LogP contribution in [0.25, 0.3) is 27.5 Å². The van der Waals surface area contributed by atoms with E-state index in [-0.39, 0.29) is 12.2 Å². The van der Waals surface area contributed by atoms with Crippen LogP contribution in [0, 0.1) is 0 Å². The van der Waals surface area contributed by atoms with Crippen LogP contribution < -0.4 is 10.9 Å². The van der Waals surface area contributed by atoms with Gasteiger partial charge < -0.3 is 13.9 Å². The lowest BCUT2D eigenvalue weighted by molar-refractivity contribution is 0.155. The zero-order valence-corrected chi connectivity index (χ0v) is 21.2. The van der Waals surface area contributed by atoms with Crippen molar-refractivity contribution in [2.75, 3.05) is 5.32 Å². The summed E-state index contributed by atoms with van der Waals surface area (Å²) in [6, 6.07) is 12.5. The van der Waals surface area contributed by atoms with E-state index in [1.165, 1.54) is 0 Å². The number of carbonyl (C=O) groups is 1. The highest BCUT2D eigenvalue weighted by molar-refractivity contribution is 6.34. The van der Waals surface area contributed by atoms with Gasteiger partial charge in [0.05, 0.1) is 23.1 Å². The zero-order chi connectivity index (χ0) is 25.4. The molecule has 8 nitrogen and oxygen atoms in total. The number of pyridine rings is 1. The molecule has 0 radical (unpaired) electrons. The quantitative estimate of drug-likeness (QED) is 0.289. The fourth-order valence-corrected chi connectivity index (χ4v) is 4.92. The van der Waals surface area contributed by atoms with Gasteiger partial charge in [0.2, 0.25) is 0 Å². The summed E-state index contributed by atoms with van der Waals surface area (Å²) in [4.78, 5) is 26.3. The fraction of sp³-hybridized carbons (Fsp3) is 0.192. The van der Waals surface area contributed by atoms with Crippen molar-refractivity contribution in [2.24, 2.45) is 7.05 Å². The number of aryl methyl sites for hydroxylation is 2. The molecule has 5 rings (SSSR count). The Morgan fingerprint density at radius 2 is 1.86 bits per heavy atom. The van der Waals surface area contributed by atoms with Crippen molar-refractivity contribution < 1.29 is 9.53 Å². The molecule has 0 aliphatic carbocycles. The number of anilines is 1. The minimum absolute atomic E-state index is 0.0168. The summed E-state index contributed by atoms with van der Waals surface area (Å²) in [6.45, 7) is 2.81. The summed E-state index contributed by atoms with van der Waals surface area (Å²) in [5.41, 5.74) is 2.82. The molecular formula is C26H23Cl2N5O3. The topological polar surface area (TPSA) is 83.1 Å². The smallest absolute Gasteiger partial charge is 0.412 e. The second-order valence-electron chi connectivity index (χ2n) is 8.46. The van der Waals surface area contributed by atoms with E-state index < -0.39 is 6.09 Å². The van der Waals surface area contributed by atoms with Crippen molar-refractivity contribution in [1.29, 1.82) is 0 Å². The predicted molar refractivity (Wildman–Crippen MR) is 142 cm³/mol. The maximum Gasteiger partial charge on any atom is 0.412 e. The van der Waals surface area contributed by atoms with Crippen LogP contribution in [0.4, 0.5) is 10.5 Å². The van der Waals surface area contributed by atoms with Gasteiger partial charge in [-0.1, -0.05) is 48.3 Å². The third-order valence-corrected chi connectivity index (χ3v) is 6.36. The summed E-state index contributed by atoms with van der Waals surface area (Å²) < 4.78 is 10.6. The monoisotopic (exact) mass is 523 g/mol. The molecule has 0 aliphatic heterocycles. The highest BCUT2D eigenvalue weighted by Crippen LogP contribution is 2.33. The van der Waals surface area contributed by atoms with Crippen LogP contribution in [0.2, 0.25) is 10.0 Å². The third kappa shape index (κ3) is 4.45. The van der Waals surface area contributed by atoms with Crippen molar-refractivity contribution >= 4 is 56.8 Å². The van der Waals surface area contributed by atoms with Crippen LogP contribution in [0.5, 0.6) is 0 Å². The minimum atomic E-state index is -0.670. The summed E-state index contributed by atoms with van der Waals surface area (Å²) in [7, 11) is 1.74. The SMILES string of the molecule is CCCn1cc(-n2cc(NC(=O)OCc3cc(Cl)cc(Cl)c3)c3c4ccccc4n(C)c(=O)c32)cn1. The molecule has 0 fully saturated rings. The normalized spacial score (nSPS) is 11.3. The summed E-state index contributed by atoms with van der Waals surface area (Å²) in [6.07, 6.45) is 5.56. The lowest BCUT2D eigenvalue weighted by atomic mass is 10.1. The van der Waals surface area contributed by atoms with E-state index in [2.05, 4.69) is 17.3 Å². The molecule has 10 heteroatoms. The first-order chi connectivity index (χ1) is 17.4. The molecule has 0 aliphatic rings. The Morgan fingerprint density at radius 3 is 2.61 bits per heavy atom.